The second-order valence-corrected chi connectivity index (χ2v) is 8.77. The highest BCUT2D eigenvalue weighted by Crippen LogP contribution is 2.32. The van der Waals surface area contributed by atoms with Crippen molar-refractivity contribution < 1.29 is 28.8 Å². The van der Waals surface area contributed by atoms with Gasteiger partial charge >= 0.3 is 12.0 Å². The van der Waals surface area contributed by atoms with Crippen LogP contribution in [0.4, 0.5) is 4.79 Å². The Balaban J connectivity index is 1.90. The molecule has 0 spiro atoms. The summed E-state index contributed by atoms with van der Waals surface area (Å²) in [5.41, 5.74) is 0.800. The van der Waals surface area contributed by atoms with Crippen LogP contribution >= 0.6 is 11.8 Å². The van der Waals surface area contributed by atoms with Crippen LogP contribution in [-0.4, -0.2) is 54.9 Å². The third-order valence-electron chi connectivity index (χ3n) is 5.78. The first-order valence-corrected chi connectivity index (χ1v) is 10.7. The fourth-order valence-electron chi connectivity index (χ4n) is 4.00. The first-order chi connectivity index (χ1) is 14.3. The molecule has 1 N–H and O–H groups in total. The molecule has 0 radical (unpaired) electrons. The van der Waals surface area contributed by atoms with Gasteiger partial charge in [-0.05, 0) is 19.1 Å². The fourth-order valence-corrected chi connectivity index (χ4v) is 4.99. The Bertz CT molecular complexity index is 971. The van der Waals surface area contributed by atoms with Crippen molar-refractivity contribution in [2.45, 2.75) is 37.5 Å². The normalized spacial score (nSPS) is 21.9. The number of carbonyl (C=O) groups is 4. The van der Waals surface area contributed by atoms with Gasteiger partial charge in [-0.2, -0.15) is 9.28 Å². The van der Waals surface area contributed by atoms with Gasteiger partial charge < -0.3 is 9.67 Å². The number of hydrogen-bond donors (Lipinski definition) is 1. The van der Waals surface area contributed by atoms with Crippen LogP contribution in [0, 0.1) is 0 Å². The second-order valence-electron chi connectivity index (χ2n) is 7.59. The minimum atomic E-state index is -1.20. The molecule has 3 atom stereocenters. The Kier molecular flexibility index (Phi) is 6.58. The average Bonchev–Trinajstić information content (AvgIpc) is 3.33. The van der Waals surface area contributed by atoms with Crippen LogP contribution in [0.25, 0.3) is 0 Å². The zero-order valence-corrected chi connectivity index (χ0v) is 17.8. The van der Waals surface area contributed by atoms with Crippen LogP contribution < -0.4 is 0 Å². The van der Waals surface area contributed by atoms with E-state index in [4.69, 9.17) is 0 Å². The molecule has 1 aromatic heterocycles. The zero-order chi connectivity index (χ0) is 21.9. The quantitative estimate of drug-likeness (QED) is 0.555. The Morgan fingerprint density at radius 2 is 1.87 bits per heavy atom. The number of nitrogens with zero attached hydrogens (tertiary/aromatic N) is 2. The van der Waals surface area contributed by atoms with Crippen LogP contribution in [0.5, 0.6) is 0 Å². The molecule has 1 fully saturated rings. The first-order valence-electron chi connectivity index (χ1n) is 9.83. The number of Topliss-reactive ketones (excluding diaryl/α,β-unsaturated/α-hetero) is 1. The van der Waals surface area contributed by atoms with Crippen molar-refractivity contribution in [2.24, 2.45) is 7.05 Å². The number of thioether (sulfide) groups is 1. The standard InChI is InChI=1S/C22H24N2O5S/c1-15-8-7-13-24(15,22(28)29)19(25)14-18(20(26)17-11-6-12-23(17)2)30-21(27)16-9-4-3-5-10-16/h3-6,9-12,15,18H,7-8,13-14H2,1-2H3/p+1/t15-,18?,24?/m1/s1. The number of hydrogen-bond acceptors (Lipinski definition) is 5. The van der Waals surface area contributed by atoms with Crippen LogP contribution in [0.15, 0.2) is 48.7 Å². The molecular weight excluding hydrogens is 404 g/mol. The van der Waals surface area contributed by atoms with Gasteiger partial charge in [0.05, 0.1) is 23.9 Å². The van der Waals surface area contributed by atoms with Crippen molar-refractivity contribution in [2.75, 3.05) is 6.54 Å². The predicted octanol–water partition coefficient (Wildman–Crippen LogP) is 3.74. The van der Waals surface area contributed by atoms with Gasteiger partial charge in [-0.15, -0.1) is 0 Å². The highest BCUT2D eigenvalue weighted by atomic mass is 32.2. The van der Waals surface area contributed by atoms with Crippen LogP contribution in [-0.2, 0) is 11.8 Å². The van der Waals surface area contributed by atoms with E-state index < -0.39 is 21.7 Å². The van der Waals surface area contributed by atoms with Gasteiger partial charge in [0, 0.05) is 31.6 Å². The monoisotopic (exact) mass is 429 g/mol. The molecule has 158 valence electrons. The molecule has 2 amide bonds. The smallest absolute Gasteiger partial charge is 0.435 e. The third kappa shape index (κ3) is 4.11. The summed E-state index contributed by atoms with van der Waals surface area (Å²) in [6.45, 7) is 1.95. The summed E-state index contributed by atoms with van der Waals surface area (Å²) in [4.78, 5) is 51.2. The summed E-state index contributed by atoms with van der Waals surface area (Å²) >= 11 is 0.786. The largest absolute Gasteiger partial charge is 0.521 e. The number of quaternary nitrogens is 1. The van der Waals surface area contributed by atoms with Crippen LogP contribution in [0.2, 0.25) is 0 Å². The molecule has 0 bridgehead atoms. The molecule has 2 unspecified atom stereocenters. The molecule has 1 aliphatic rings. The van der Waals surface area contributed by atoms with E-state index in [1.807, 2.05) is 0 Å². The lowest BCUT2D eigenvalue weighted by atomic mass is 10.1. The molecular formula is C22H25N2O5S+. The van der Waals surface area contributed by atoms with Crippen molar-refractivity contribution in [1.82, 2.24) is 4.57 Å². The van der Waals surface area contributed by atoms with Gasteiger partial charge in [-0.25, -0.2) is 4.79 Å². The highest BCUT2D eigenvalue weighted by molar-refractivity contribution is 8.15. The van der Waals surface area contributed by atoms with Crippen molar-refractivity contribution in [3.63, 3.8) is 0 Å². The van der Waals surface area contributed by atoms with E-state index in [-0.39, 0.29) is 29.9 Å². The van der Waals surface area contributed by atoms with E-state index in [9.17, 15) is 24.3 Å². The second kappa shape index (κ2) is 8.97. The summed E-state index contributed by atoms with van der Waals surface area (Å²) < 4.78 is 0.949. The maximum atomic E-state index is 13.2. The molecule has 30 heavy (non-hydrogen) atoms. The number of carbonyl (C=O) groups excluding carboxylic acids is 3. The number of benzene rings is 1. The molecule has 3 rings (SSSR count). The number of aromatic nitrogens is 1. The van der Waals surface area contributed by atoms with Gasteiger partial charge in [0.1, 0.15) is 6.04 Å². The van der Waals surface area contributed by atoms with Gasteiger partial charge in [-0.3, -0.25) is 9.59 Å². The minimum Gasteiger partial charge on any atom is -0.435 e. The molecule has 0 saturated carbocycles. The van der Waals surface area contributed by atoms with Crippen LogP contribution in [0.1, 0.15) is 47.0 Å². The topological polar surface area (TPSA) is 93.4 Å². The molecule has 8 heteroatoms. The lowest BCUT2D eigenvalue weighted by Crippen LogP contribution is -2.59. The van der Waals surface area contributed by atoms with Gasteiger partial charge in [0.25, 0.3) is 0 Å². The number of amides is 2. The maximum absolute atomic E-state index is 13.2. The summed E-state index contributed by atoms with van der Waals surface area (Å²) in [5, 5.41) is 8.51. The van der Waals surface area contributed by atoms with E-state index in [0.717, 1.165) is 11.8 Å². The van der Waals surface area contributed by atoms with E-state index in [1.165, 1.54) is 0 Å². The third-order valence-corrected chi connectivity index (χ3v) is 6.89. The average molecular weight is 430 g/mol. The molecule has 0 aliphatic carbocycles. The van der Waals surface area contributed by atoms with Crippen molar-refractivity contribution in [3.8, 4) is 0 Å². The Hall–Kier alpha value is -2.71. The maximum Gasteiger partial charge on any atom is 0.521 e. The Labute approximate surface area is 179 Å². The van der Waals surface area contributed by atoms with E-state index >= 15 is 0 Å². The van der Waals surface area contributed by atoms with Crippen molar-refractivity contribution in [3.05, 3.63) is 59.9 Å². The molecule has 2 heterocycles. The van der Waals surface area contributed by atoms with Crippen molar-refractivity contribution >= 4 is 34.7 Å². The molecule has 1 aromatic carbocycles. The Morgan fingerprint density at radius 3 is 2.40 bits per heavy atom. The van der Waals surface area contributed by atoms with E-state index in [2.05, 4.69) is 0 Å². The lowest BCUT2D eigenvalue weighted by molar-refractivity contribution is -0.792. The number of rotatable bonds is 6. The SMILES string of the molecule is C[C@@H]1CCC[N+]1(C(=O)O)C(=O)CC(SC(=O)c1ccccc1)C(=O)c1cccn1C. The fraction of sp³-hybridized carbons (Fsp3) is 0.364. The number of aryl methyl sites for hydroxylation is 1. The summed E-state index contributed by atoms with van der Waals surface area (Å²) in [7, 11) is 1.71. The summed E-state index contributed by atoms with van der Waals surface area (Å²) in [5.74, 6) is -0.894. The molecule has 2 aromatic rings. The highest BCUT2D eigenvalue weighted by Gasteiger charge is 2.53. The van der Waals surface area contributed by atoms with Crippen LogP contribution in [0.3, 0.4) is 0 Å². The van der Waals surface area contributed by atoms with E-state index in [1.54, 1.807) is 67.2 Å². The minimum absolute atomic E-state index is 0.206. The van der Waals surface area contributed by atoms with Gasteiger partial charge in [-0.1, -0.05) is 42.1 Å². The number of imide groups is 1. The summed E-state index contributed by atoms with van der Waals surface area (Å²) in [6.07, 6.45) is 1.46. The zero-order valence-electron chi connectivity index (χ0n) is 17.0. The Morgan fingerprint density at radius 1 is 1.17 bits per heavy atom. The van der Waals surface area contributed by atoms with Gasteiger partial charge in [0.2, 0.25) is 5.12 Å². The van der Waals surface area contributed by atoms with Crippen molar-refractivity contribution in [1.29, 1.82) is 0 Å². The number of carboxylic acid groups (broad SMARTS) is 1. The molecule has 1 saturated heterocycles. The molecule has 7 nitrogen and oxygen atoms in total. The van der Waals surface area contributed by atoms with Gasteiger partial charge in [0.15, 0.2) is 5.78 Å². The number of likely N-dealkylation sites (tertiary alicyclic amines) is 1. The molecule has 1 aliphatic heterocycles. The number of ketones is 1. The summed E-state index contributed by atoms with van der Waals surface area (Å²) in [6, 6.07) is 11.5. The van der Waals surface area contributed by atoms with E-state index in [0.29, 0.717) is 24.1 Å². The first kappa shape index (κ1) is 22.0. The lowest BCUT2D eigenvalue weighted by Gasteiger charge is -2.30. The predicted molar refractivity (Wildman–Crippen MR) is 113 cm³/mol.